The maximum Gasteiger partial charge on any atom is 0.0881 e. The molecule has 0 unspecified atom stereocenters. The summed E-state index contributed by atoms with van der Waals surface area (Å²) in [6.45, 7) is 0. The van der Waals surface area contributed by atoms with Crippen LogP contribution in [0.5, 0.6) is 0 Å². The number of H-pyrrole nitrogens is 1. The Morgan fingerprint density at radius 1 is 1.58 bits per heavy atom. The smallest absolute Gasteiger partial charge is 0.0881 e. The first-order valence-corrected chi connectivity index (χ1v) is 5.21. The molecule has 0 aliphatic carbocycles. The van der Waals surface area contributed by atoms with Gasteiger partial charge in [-0.3, -0.25) is 4.98 Å². The molecule has 0 radical (unpaired) electrons. The predicted molar refractivity (Wildman–Crippen MR) is 53.3 cm³/mol. The highest BCUT2D eigenvalue weighted by atomic mass is 32.2. The van der Waals surface area contributed by atoms with Gasteiger partial charge in [-0.25, -0.2) is 0 Å². The lowest BCUT2D eigenvalue weighted by Gasteiger charge is -1.88. The van der Waals surface area contributed by atoms with E-state index in [9.17, 15) is 0 Å². The normalized spacial score (nSPS) is 10.8. The molecule has 0 saturated heterocycles. The molecule has 0 aliphatic heterocycles. The van der Waals surface area contributed by atoms with E-state index in [1.165, 1.54) is 5.69 Å². The Morgan fingerprint density at radius 2 is 2.50 bits per heavy atom. The first-order valence-electron chi connectivity index (χ1n) is 3.81. The number of pyridine rings is 1. The van der Waals surface area contributed by atoms with Crippen molar-refractivity contribution in [3.63, 3.8) is 0 Å². The second kappa shape index (κ2) is 3.19. The van der Waals surface area contributed by atoms with Gasteiger partial charge in [0, 0.05) is 17.6 Å². The molecular formula is C9H10N2S. The van der Waals surface area contributed by atoms with Crippen LogP contribution in [0, 0.1) is 0 Å². The number of fused-ring (bicyclic) bond motifs is 1. The molecule has 0 amide bonds. The van der Waals surface area contributed by atoms with Crippen molar-refractivity contribution >= 4 is 22.8 Å². The van der Waals surface area contributed by atoms with E-state index in [2.05, 4.69) is 22.3 Å². The summed E-state index contributed by atoms with van der Waals surface area (Å²) in [5.74, 6) is 1.02. The van der Waals surface area contributed by atoms with Crippen LogP contribution in [0.3, 0.4) is 0 Å². The highest BCUT2D eigenvalue weighted by Crippen LogP contribution is 2.15. The van der Waals surface area contributed by atoms with Crippen LogP contribution in [0.25, 0.3) is 11.0 Å². The summed E-state index contributed by atoms with van der Waals surface area (Å²) in [7, 11) is 0. The molecular weight excluding hydrogens is 168 g/mol. The molecule has 0 bridgehead atoms. The molecule has 3 heteroatoms. The molecule has 2 aromatic rings. The molecule has 0 atom stereocenters. The van der Waals surface area contributed by atoms with Crippen molar-refractivity contribution in [2.45, 2.75) is 5.75 Å². The minimum absolute atomic E-state index is 1.02. The van der Waals surface area contributed by atoms with Gasteiger partial charge in [0.25, 0.3) is 0 Å². The van der Waals surface area contributed by atoms with E-state index in [-0.39, 0.29) is 0 Å². The van der Waals surface area contributed by atoms with Crippen LogP contribution < -0.4 is 0 Å². The average Bonchev–Trinajstić information content (AvgIpc) is 2.47. The SMILES string of the molecule is CSCc1cc2ncccc2[nH]1. The van der Waals surface area contributed by atoms with Crippen molar-refractivity contribution in [1.29, 1.82) is 0 Å². The van der Waals surface area contributed by atoms with Gasteiger partial charge < -0.3 is 4.98 Å². The van der Waals surface area contributed by atoms with Crippen molar-refractivity contribution in [2.75, 3.05) is 6.26 Å². The first-order chi connectivity index (χ1) is 5.90. The van der Waals surface area contributed by atoms with Crippen LogP contribution >= 0.6 is 11.8 Å². The Morgan fingerprint density at radius 3 is 3.25 bits per heavy atom. The molecule has 1 N–H and O–H groups in total. The van der Waals surface area contributed by atoms with Crippen molar-refractivity contribution in [3.8, 4) is 0 Å². The standard InChI is InChI=1S/C9H10N2S/c1-12-6-7-5-9-8(11-7)3-2-4-10-9/h2-5,11H,6H2,1H3. The van der Waals surface area contributed by atoms with E-state index in [1.54, 1.807) is 0 Å². The Bertz CT molecular complexity index is 348. The Kier molecular flexibility index (Phi) is 2.04. The zero-order chi connectivity index (χ0) is 8.39. The largest absolute Gasteiger partial charge is 0.356 e. The third-order valence-corrected chi connectivity index (χ3v) is 2.34. The van der Waals surface area contributed by atoms with Crippen LogP contribution in [0.15, 0.2) is 24.4 Å². The second-order valence-electron chi connectivity index (χ2n) is 2.66. The molecule has 2 heterocycles. The van der Waals surface area contributed by atoms with Gasteiger partial charge in [-0.15, -0.1) is 0 Å². The third-order valence-electron chi connectivity index (χ3n) is 1.74. The molecule has 2 aromatic heterocycles. The van der Waals surface area contributed by atoms with Gasteiger partial charge in [0.2, 0.25) is 0 Å². The van der Waals surface area contributed by atoms with E-state index in [4.69, 9.17) is 0 Å². The number of thioether (sulfide) groups is 1. The Balaban J connectivity index is 2.47. The summed E-state index contributed by atoms with van der Waals surface area (Å²) in [5, 5.41) is 0. The van der Waals surface area contributed by atoms with E-state index < -0.39 is 0 Å². The number of aromatic amines is 1. The van der Waals surface area contributed by atoms with E-state index >= 15 is 0 Å². The van der Waals surface area contributed by atoms with Gasteiger partial charge in [-0.1, -0.05) is 0 Å². The van der Waals surface area contributed by atoms with Gasteiger partial charge in [-0.2, -0.15) is 11.8 Å². The Hall–Kier alpha value is -0.960. The number of aromatic nitrogens is 2. The maximum absolute atomic E-state index is 4.24. The predicted octanol–water partition coefficient (Wildman–Crippen LogP) is 2.43. The summed E-state index contributed by atoms with van der Waals surface area (Å²) in [6, 6.07) is 6.10. The zero-order valence-corrected chi connectivity index (χ0v) is 7.69. The molecule has 0 aliphatic rings. The minimum atomic E-state index is 1.02. The van der Waals surface area contributed by atoms with Crippen LogP contribution in [0.2, 0.25) is 0 Å². The number of hydrogen-bond donors (Lipinski definition) is 1. The lowest BCUT2D eigenvalue weighted by Crippen LogP contribution is -1.75. The van der Waals surface area contributed by atoms with Crippen molar-refractivity contribution in [3.05, 3.63) is 30.1 Å². The van der Waals surface area contributed by atoms with Crippen molar-refractivity contribution in [2.24, 2.45) is 0 Å². The summed E-state index contributed by atoms with van der Waals surface area (Å²) < 4.78 is 0. The number of nitrogens with one attached hydrogen (secondary N) is 1. The summed E-state index contributed by atoms with van der Waals surface area (Å²) >= 11 is 1.81. The van der Waals surface area contributed by atoms with E-state index in [0.717, 1.165) is 16.8 Å². The monoisotopic (exact) mass is 178 g/mol. The zero-order valence-electron chi connectivity index (χ0n) is 6.87. The van der Waals surface area contributed by atoms with Crippen LogP contribution in [0.4, 0.5) is 0 Å². The minimum Gasteiger partial charge on any atom is -0.356 e. The van der Waals surface area contributed by atoms with Gasteiger partial charge in [0.1, 0.15) is 0 Å². The summed E-state index contributed by atoms with van der Waals surface area (Å²) in [6.07, 6.45) is 3.91. The molecule has 12 heavy (non-hydrogen) atoms. The van der Waals surface area contributed by atoms with Gasteiger partial charge in [0.15, 0.2) is 0 Å². The highest BCUT2D eigenvalue weighted by Gasteiger charge is 1.98. The highest BCUT2D eigenvalue weighted by molar-refractivity contribution is 7.97. The van der Waals surface area contributed by atoms with Crippen LogP contribution in [-0.4, -0.2) is 16.2 Å². The molecule has 0 saturated carbocycles. The molecule has 0 aromatic carbocycles. The third kappa shape index (κ3) is 1.32. The quantitative estimate of drug-likeness (QED) is 0.765. The first kappa shape index (κ1) is 7.68. The van der Waals surface area contributed by atoms with Crippen molar-refractivity contribution < 1.29 is 0 Å². The number of hydrogen-bond acceptors (Lipinski definition) is 2. The lowest BCUT2D eigenvalue weighted by molar-refractivity contribution is 1.27. The van der Waals surface area contributed by atoms with E-state index in [1.807, 2.05) is 30.1 Å². The molecule has 0 fully saturated rings. The van der Waals surface area contributed by atoms with Crippen LogP contribution in [0.1, 0.15) is 5.69 Å². The Labute approximate surface area is 75.4 Å². The second-order valence-corrected chi connectivity index (χ2v) is 3.53. The number of nitrogens with zero attached hydrogens (tertiary/aromatic N) is 1. The lowest BCUT2D eigenvalue weighted by atomic mass is 10.4. The fourth-order valence-electron chi connectivity index (χ4n) is 1.25. The van der Waals surface area contributed by atoms with Crippen molar-refractivity contribution in [1.82, 2.24) is 9.97 Å². The fraction of sp³-hybridized carbons (Fsp3) is 0.222. The summed E-state index contributed by atoms with van der Waals surface area (Å²) in [4.78, 5) is 7.56. The molecule has 2 nitrogen and oxygen atoms in total. The topological polar surface area (TPSA) is 28.7 Å². The van der Waals surface area contributed by atoms with Gasteiger partial charge in [-0.05, 0) is 24.5 Å². The van der Waals surface area contributed by atoms with Gasteiger partial charge >= 0.3 is 0 Å². The maximum atomic E-state index is 4.24. The number of rotatable bonds is 2. The fourth-order valence-corrected chi connectivity index (χ4v) is 1.71. The van der Waals surface area contributed by atoms with Crippen LogP contribution in [-0.2, 0) is 5.75 Å². The molecule has 2 rings (SSSR count). The average molecular weight is 178 g/mol. The van der Waals surface area contributed by atoms with E-state index in [0.29, 0.717) is 0 Å². The molecule has 0 spiro atoms. The van der Waals surface area contributed by atoms with Gasteiger partial charge in [0.05, 0.1) is 11.0 Å². The summed E-state index contributed by atoms with van der Waals surface area (Å²) in [5.41, 5.74) is 3.43. The molecule has 62 valence electrons.